The molecule has 0 bridgehead atoms. The van der Waals surface area contributed by atoms with Crippen LogP contribution in [-0.4, -0.2) is 32.5 Å². The van der Waals surface area contributed by atoms with Crippen molar-refractivity contribution < 1.29 is 32.4 Å². The van der Waals surface area contributed by atoms with E-state index < -0.39 is 17.8 Å². The normalized spacial score (nSPS) is 19.6. The van der Waals surface area contributed by atoms with Crippen molar-refractivity contribution in [2.75, 3.05) is 26.4 Å². The van der Waals surface area contributed by atoms with Gasteiger partial charge < -0.3 is 0 Å². The molecule has 102 valence electrons. The molecule has 1 fully saturated rings. The fourth-order valence-corrected chi connectivity index (χ4v) is 6.14. The van der Waals surface area contributed by atoms with Gasteiger partial charge in [-0.15, -0.1) is 0 Å². The van der Waals surface area contributed by atoms with Crippen LogP contribution in [0.3, 0.4) is 0 Å². The first-order valence-corrected chi connectivity index (χ1v) is 9.81. The second-order valence-corrected chi connectivity index (χ2v) is 8.45. The Bertz CT molecular complexity index is 180. The first-order valence-electron chi connectivity index (χ1n) is 6.79. The van der Waals surface area contributed by atoms with Crippen molar-refractivity contribution >= 4 is 0 Å². The zero-order valence-corrected chi connectivity index (χ0v) is 12.9. The van der Waals surface area contributed by atoms with Gasteiger partial charge in [0.15, 0.2) is 0 Å². The minimum atomic E-state index is -2.93. The Balaban J connectivity index is 2.29. The molecule has 4 nitrogen and oxygen atoms in total. The number of rotatable bonds is 11. The van der Waals surface area contributed by atoms with Gasteiger partial charge >= 0.3 is 110 Å². The maximum atomic E-state index is 5.84. The third-order valence-corrected chi connectivity index (χ3v) is 7.68. The quantitative estimate of drug-likeness (QED) is 0.332. The first kappa shape index (κ1) is 15.6. The van der Waals surface area contributed by atoms with E-state index in [2.05, 4.69) is 0 Å². The summed E-state index contributed by atoms with van der Waals surface area (Å²) in [5.41, 5.74) is 0. The van der Waals surface area contributed by atoms with Crippen molar-refractivity contribution in [3.63, 3.8) is 0 Å². The summed E-state index contributed by atoms with van der Waals surface area (Å²) in [5.74, 6) is 0. The summed E-state index contributed by atoms with van der Waals surface area (Å²) >= 11 is -2.93. The number of unbranched alkanes of at least 4 members (excludes halogenated alkanes) is 1. The van der Waals surface area contributed by atoms with Crippen LogP contribution in [0.4, 0.5) is 0 Å². The van der Waals surface area contributed by atoms with Gasteiger partial charge in [0.25, 0.3) is 0 Å². The molecule has 0 spiro atoms. The van der Waals surface area contributed by atoms with Crippen molar-refractivity contribution in [1.82, 2.24) is 0 Å². The number of epoxide rings is 1. The van der Waals surface area contributed by atoms with Gasteiger partial charge in [-0.2, -0.15) is 0 Å². The standard InChI is InChI=1S/C6H11O.3C2H5O.Ti/c1-2-3-4-6-5-7-6;3*1-2-3;/h6H,1-5H2;3*2H2,1H3;/q;3*-1;+3. The second kappa shape index (κ2) is 8.62. The van der Waals surface area contributed by atoms with Crippen LogP contribution >= 0.6 is 0 Å². The Hall–Kier alpha value is 0.554. The summed E-state index contributed by atoms with van der Waals surface area (Å²) in [6.07, 6.45) is 4.01. The summed E-state index contributed by atoms with van der Waals surface area (Å²) in [7, 11) is 0. The van der Waals surface area contributed by atoms with Crippen LogP contribution in [0, 0.1) is 0 Å². The van der Waals surface area contributed by atoms with Crippen molar-refractivity contribution in [3.8, 4) is 0 Å². The molecule has 1 saturated heterocycles. The molecular weight excluding hydrogens is 256 g/mol. The van der Waals surface area contributed by atoms with Crippen LogP contribution in [0.25, 0.3) is 0 Å². The molecule has 0 radical (unpaired) electrons. The third kappa shape index (κ3) is 6.32. The zero-order valence-electron chi connectivity index (χ0n) is 11.4. The molecule has 0 aliphatic carbocycles. The van der Waals surface area contributed by atoms with Crippen LogP contribution in [0.1, 0.15) is 40.0 Å². The van der Waals surface area contributed by atoms with E-state index in [9.17, 15) is 0 Å². The van der Waals surface area contributed by atoms with Crippen LogP contribution in [0.2, 0.25) is 4.73 Å². The predicted molar refractivity (Wildman–Crippen MR) is 63.3 cm³/mol. The van der Waals surface area contributed by atoms with Crippen molar-refractivity contribution in [3.05, 3.63) is 0 Å². The molecular formula is C12H26O4Ti. The molecule has 1 atom stereocenters. The van der Waals surface area contributed by atoms with E-state index in [1.165, 1.54) is 12.8 Å². The molecule has 0 aromatic carbocycles. The number of ether oxygens (including phenoxy) is 1. The Morgan fingerprint density at radius 1 is 1.00 bits per heavy atom. The van der Waals surface area contributed by atoms with Crippen molar-refractivity contribution in [1.29, 1.82) is 0 Å². The van der Waals surface area contributed by atoms with Gasteiger partial charge in [0.1, 0.15) is 0 Å². The van der Waals surface area contributed by atoms with Gasteiger partial charge in [-0.05, 0) is 0 Å². The molecule has 0 amide bonds. The average Bonchev–Trinajstić information content (AvgIpc) is 3.09. The van der Waals surface area contributed by atoms with E-state index in [1.54, 1.807) is 0 Å². The monoisotopic (exact) mass is 282 g/mol. The van der Waals surface area contributed by atoms with Crippen LogP contribution in [-0.2, 0) is 32.4 Å². The SMILES string of the molecule is CC[O][Ti]([CH2]CCCC1CO1)([O]CC)[O]CC. The van der Waals surface area contributed by atoms with E-state index in [-0.39, 0.29) is 0 Å². The maximum absolute atomic E-state index is 5.84. The molecule has 5 heteroatoms. The minimum absolute atomic E-state index is 0.531. The summed E-state index contributed by atoms with van der Waals surface area (Å²) in [5, 5.41) is 0. The van der Waals surface area contributed by atoms with Gasteiger partial charge in [-0.1, -0.05) is 0 Å². The van der Waals surface area contributed by atoms with Gasteiger partial charge in [-0.3, -0.25) is 0 Å². The summed E-state index contributed by atoms with van der Waals surface area (Å²) in [6, 6.07) is 0. The van der Waals surface area contributed by atoms with Crippen molar-refractivity contribution in [2.45, 2.75) is 50.9 Å². The molecule has 0 aromatic heterocycles. The van der Waals surface area contributed by atoms with Gasteiger partial charge in [0, 0.05) is 0 Å². The number of hydrogen-bond donors (Lipinski definition) is 0. The molecule has 1 heterocycles. The van der Waals surface area contributed by atoms with Crippen LogP contribution < -0.4 is 0 Å². The van der Waals surface area contributed by atoms with Crippen LogP contribution in [0.5, 0.6) is 0 Å². The fourth-order valence-electron chi connectivity index (χ4n) is 1.95. The van der Waals surface area contributed by atoms with E-state index in [0.717, 1.165) is 17.8 Å². The molecule has 1 aliphatic heterocycles. The summed E-state index contributed by atoms with van der Waals surface area (Å²) < 4.78 is 23.7. The summed E-state index contributed by atoms with van der Waals surface area (Å²) in [4.78, 5) is 0. The molecule has 0 N–H and O–H groups in total. The molecule has 1 aliphatic rings. The van der Waals surface area contributed by atoms with E-state index in [4.69, 9.17) is 14.7 Å². The number of hydrogen-bond acceptors (Lipinski definition) is 4. The topological polar surface area (TPSA) is 40.2 Å². The molecule has 1 unspecified atom stereocenters. The Labute approximate surface area is 110 Å². The van der Waals surface area contributed by atoms with Gasteiger partial charge in [-0.25, -0.2) is 0 Å². The molecule has 0 saturated carbocycles. The zero-order chi connectivity index (χ0) is 12.6. The van der Waals surface area contributed by atoms with E-state index >= 15 is 0 Å². The Kier molecular flexibility index (Phi) is 7.92. The average molecular weight is 282 g/mol. The molecule has 17 heavy (non-hydrogen) atoms. The van der Waals surface area contributed by atoms with Crippen molar-refractivity contribution in [2.24, 2.45) is 0 Å². The third-order valence-electron chi connectivity index (χ3n) is 2.75. The van der Waals surface area contributed by atoms with Gasteiger partial charge in [0.05, 0.1) is 0 Å². The predicted octanol–water partition coefficient (Wildman–Crippen LogP) is 2.98. The Morgan fingerprint density at radius 3 is 1.94 bits per heavy atom. The summed E-state index contributed by atoms with van der Waals surface area (Å²) in [6.45, 7) is 9.04. The van der Waals surface area contributed by atoms with Gasteiger partial charge in [0.2, 0.25) is 0 Å². The van der Waals surface area contributed by atoms with E-state index in [0.29, 0.717) is 25.9 Å². The van der Waals surface area contributed by atoms with E-state index in [1.807, 2.05) is 20.8 Å². The molecule has 1 rings (SSSR count). The molecule has 0 aromatic rings. The Morgan fingerprint density at radius 2 is 1.53 bits per heavy atom. The second-order valence-electron chi connectivity index (χ2n) is 4.18. The fraction of sp³-hybridized carbons (Fsp3) is 1.00. The van der Waals surface area contributed by atoms with Crippen LogP contribution in [0.15, 0.2) is 0 Å². The first-order chi connectivity index (χ1) is 8.26.